The standard InChI is InChI=1S/C56H33NO3/c1-3-13-41-35(10-1)22-29-45-47-32-38(25-31-51(47)59-55(41)45)40-12-5-7-16-48(40)57(49-17-9-19-52-54(49)46-30-23-36-11-2-4-14-42(36)56(46)60-52)39-26-20-34(21-27-39)37-24-28-44-43-15-6-8-18-50(43)58-53(44)33-37/h1-33H. The Morgan fingerprint density at radius 3 is 1.72 bits per heavy atom. The van der Waals surface area contributed by atoms with Crippen LogP contribution in [0.3, 0.4) is 0 Å². The lowest BCUT2D eigenvalue weighted by Crippen LogP contribution is -2.11. The highest BCUT2D eigenvalue weighted by atomic mass is 16.3. The topological polar surface area (TPSA) is 42.7 Å². The number of rotatable bonds is 5. The molecule has 4 nitrogen and oxygen atoms in total. The molecular weight excluding hydrogens is 735 g/mol. The molecule has 0 aliphatic rings. The van der Waals surface area contributed by atoms with Gasteiger partial charge in [0.25, 0.3) is 0 Å². The maximum atomic E-state index is 6.74. The zero-order valence-electron chi connectivity index (χ0n) is 32.2. The zero-order valence-corrected chi connectivity index (χ0v) is 32.2. The van der Waals surface area contributed by atoms with Gasteiger partial charge in [0.2, 0.25) is 0 Å². The molecule has 10 aromatic carbocycles. The van der Waals surface area contributed by atoms with Gasteiger partial charge in [-0.15, -0.1) is 0 Å². The van der Waals surface area contributed by atoms with Crippen LogP contribution in [0.15, 0.2) is 213 Å². The Bertz CT molecular complexity index is 3850. The van der Waals surface area contributed by atoms with E-state index in [4.69, 9.17) is 13.3 Å². The first kappa shape index (κ1) is 32.9. The SMILES string of the molecule is c1ccc(N(c2ccc(-c3ccc4c(c3)oc3ccccc34)cc2)c2cccc3oc4c5ccccc5ccc4c23)c(-c2ccc3oc4c5ccccc5ccc4c3c2)c1. The Balaban J connectivity index is 1.01. The van der Waals surface area contributed by atoms with E-state index in [0.717, 1.165) is 121 Å². The normalized spacial score (nSPS) is 12.0. The fourth-order valence-electron chi connectivity index (χ4n) is 9.42. The fourth-order valence-corrected chi connectivity index (χ4v) is 9.42. The van der Waals surface area contributed by atoms with Crippen LogP contribution < -0.4 is 4.90 Å². The van der Waals surface area contributed by atoms with Gasteiger partial charge in [0.05, 0.1) is 16.8 Å². The van der Waals surface area contributed by atoms with Crippen molar-refractivity contribution in [1.82, 2.24) is 0 Å². The molecule has 0 bridgehead atoms. The van der Waals surface area contributed by atoms with E-state index in [0.29, 0.717) is 0 Å². The van der Waals surface area contributed by atoms with Gasteiger partial charge in [-0.2, -0.15) is 0 Å². The molecule has 3 heterocycles. The first-order valence-electron chi connectivity index (χ1n) is 20.3. The highest BCUT2D eigenvalue weighted by Crippen LogP contribution is 2.48. The van der Waals surface area contributed by atoms with Gasteiger partial charge in [-0.3, -0.25) is 0 Å². The van der Waals surface area contributed by atoms with E-state index in [1.807, 2.05) is 12.1 Å². The van der Waals surface area contributed by atoms with Crippen molar-refractivity contribution >= 4 is 104 Å². The van der Waals surface area contributed by atoms with E-state index in [9.17, 15) is 0 Å². The maximum absolute atomic E-state index is 6.74. The summed E-state index contributed by atoms with van der Waals surface area (Å²) < 4.78 is 19.6. The number of nitrogens with zero attached hydrogens (tertiary/aromatic N) is 1. The predicted octanol–water partition coefficient (Wildman–Crippen LogP) is 16.5. The van der Waals surface area contributed by atoms with Gasteiger partial charge < -0.3 is 18.2 Å². The number of benzene rings is 10. The quantitative estimate of drug-likeness (QED) is 0.175. The van der Waals surface area contributed by atoms with Gasteiger partial charge in [0.1, 0.15) is 33.5 Å². The van der Waals surface area contributed by atoms with E-state index in [1.165, 1.54) is 5.39 Å². The third-order valence-electron chi connectivity index (χ3n) is 12.3. The van der Waals surface area contributed by atoms with Gasteiger partial charge in [0.15, 0.2) is 0 Å². The summed E-state index contributed by atoms with van der Waals surface area (Å²) in [5.74, 6) is 0. The van der Waals surface area contributed by atoms with Crippen molar-refractivity contribution in [3.63, 3.8) is 0 Å². The molecule has 0 atom stereocenters. The van der Waals surface area contributed by atoms with Crippen molar-refractivity contribution in [1.29, 1.82) is 0 Å². The Hall–Kier alpha value is -8.08. The Labute approximate surface area is 343 Å². The smallest absolute Gasteiger partial charge is 0.143 e. The van der Waals surface area contributed by atoms with Crippen LogP contribution in [0, 0.1) is 0 Å². The summed E-state index contributed by atoms with van der Waals surface area (Å²) in [4.78, 5) is 2.39. The molecule has 0 radical (unpaired) electrons. The Kier molecular flexibility index (Phi) is 6.98. The summed E-state index contributed by atoms with van der Waals surface area (Å²) in [5, 5.41) is 11.1. The summed E-state index contributed by atoms with van der Waals surface area (Å²) in [6.45, 7) is 0. The summed E-state index contributed by atoms with van der Waals surface area (Å²) in [6, 6.07) is 70.9. The second-order valence-corrected chi connectivity index (χ2v) is 15.6. The lowest BCUT2D eigenvalue weighted by atomic mass is 9.98. The molecule has 0 N–H and O–H groups in total. The van der Waals surface area contributed by atoms with Gasteiger partial charge in [-0.1, -0.05) is 127 Å². The number of anilines is 3. The van der Waals surface area contributed by atoms with Crippen molar-refractivity contribution < 1.29 is 13.3 Å². The van der Waals surface area contributed by atoms with Crippen LogP contribution in [0.25, 0.3) is 110 Å². The Morgan fingerprint density at radius 1 is 0.300 bits per heavy atom. The highest BCUT2D eigenvalue weighted by molar-refractivity contribution is 6.20. The van der Waals surface area contributed by atoms with E-state index >= 15 is 0 Å². The first-order valence-corrected chi connectivity index (χ1v) is 20.3. The van der Waals surface area contributed by atoms with E-state index in [1.54, 1.807) is 0 Å². The molecule has 0 fully saturated rings. The Morgan fingerprint density at radius 2 is 0.883 bits per heavy atom. The summed E-state index contributed by atoms with van der Waals surface area (Å²) in [5.41, 5.74) is 12.8. The molecule has 0 aliphatic carbocycles. The number of fused-ring (bicyclic) bond motifs is 13. The van der Waals surface area contributed by atoms with Crippen LogP contribution >= 0.6 is 0 Å². The molecule has 13 aromatic rings. The second kappa shape index (κ2) is 12.7. The van der Waals surface area contributed by atoms with Crippen LogP contribution in [-0.2, 0) is 0 Å². The van der Waals surface area contributed by atoms with Gasteiger partial charge >= 0.3 is 0 Å². The summed E-state index contributed by atoms with van der Waals surface area (Å²) in [6.07, 6.45) is 0. The van der Waals surface area contributed by atoms with Crippen molar-refractivity contribution in [3.05, 3.63) is 200 Å². The first-order chi connectivity index (χ1) is 29.7. The van der Waals surface area contributed by atoms with Crippen LogP contribution in [0.1, 0.15) is 0 Å². The average molecular weight is 768 g/mol. The number of para-hydroxylation sites is 2. The van der Waals surface area contributed by atoms with Crippen molar-refractivity contribution in [2.75, 3.05) is 4.90 Å². The van der Waals surface area contributed by atoms with Crippen molar-refractivity contribution in [2.24, 2.45) is 0 Å². The molecule has 13 rings (SSSR count). The number of hydrogen-bond donors (Lipinski definition) is 0. The molecule has 0 saturated carbocycles. The minimum atomic E-state index is 0.843. The minimum Gasteiger partial charge on any atom is -0.456 e. The molecule has 0 amide bonds. The average Bonchev–Trinajstić information content (AvgIpc) is 4.01. The molecule has 0 saturated heterocycles. The van der Waals surface area contributed by atoms with Crippen LogP contribution in [-0.4, -0.2) is 0 Å². The number of hydrogen-bond acceptors (Lipinski definition) is 4. The van der Waals surface area contributed by atoms with E-state index in [-0.39, 0.29) is 0 Å². The maximum Gasteiger partial charge on any atom is 0.143 e. The second-order valence-electron chi connectivity index (χ2n) is 15.6. The van der Waals surface area contributed by atoms with E-state index in [2.05, 4.69) is 193 Å². The molecule has 0 aliphatic heterocycles. The third-order valence-corrected chi connectivity index (χ3v) is 12.3. The lowest BCUT2D eigenvalue weighted by molar-refractivity contribution is 0.669. The summed E-state index contributed by atoms with van der Waals surface area (Å²) >= 11 is 0. The molecule has 60 heavy (non-hydrogen) atoms. The molecular formula is C56H33NO3. The molecule has 0 unspecified atom stereocenters. The number of furan rings is 3. The van der Waals surface area contributed by atoms with Gasteiger partial charge in [0, 0.05) is 49.0 Å². The fraction of sp³-hybridized carbons (Fsp3) is 0. The van der Waals surface area contributed by atoms with Crippen LogP contribution in [0.4, 0.5) is 17.1 Å². The van der Waals surface area contributed by atoms with E-state index < -0.39 is 0 Å². The van der Waals surface area contributed by atoms with Gasteiger partial charge in [-0.05, 0) is 100 Å². The highest BCUT2D eigenvalue weighted by Gasteiger charge is 2.23. The molecule has 280 valence electrons. The van der Waals surface area contributed by atoms with Crippen molar-refractivity contribution in [3.8, 4) is 22.3 Å². The monoisotopic (exact) mass is 767 g/mol. The third kappa shape index (κ3) is 4.91. The predicted molar refractivity (Wildman–Crippen MR) is 249 cm³/mol. The zero-order chi connectivity index (χ0) is 39.3. The van der Waals surface area contributed by atoms with Crippen LogP contribution in [0.5, 0.6) is 0 Å². The molecule has 0 spiro atoms. The molecule has 3 aromatic heterocycles. The summed E-state index contributed by atoms with van der Waals surface area (Å²) in [7, 11) is 0. The van der Waals surface area contributed by atoms with Crippen molar-refractivity contribution in [2.45, 2.75) is 0 Å². The van der Waals surface area contributed by atoms with Crippen LogP contribution in [0.2, 0.25) is 0 Å². The largest absolute Gasteiger partial charge is 0.456 e. The molecule has 4 heteroatoms. The van der Waals surface area contributed by atoms with Gasteiger partial charge in [-0.25, -0.2) is 0 Å². The lowest BCUT2D eigenvalue weighted by Gasteiger charge is -2.28. The minimum absolute atomic E-state index is 0.843.